The third-order valence-corrected chi connectivity index (χ3v) is 7.27. The fourth-order valence-electron chi connectivity index (χ4n) is 5.14. The van der Waals surface area contributed by atoms with Crippen molar-refractivity contribution in [2.24, 2.45) is 0 Å². The van der Waals surface area contributed by atoms with E-state index in [1.54, 1.807) is 18.1 Å². The van der Waals surface area contributed by atoms with Gasteiger partial charge in [-0.15, -0.1) is 0 Å². The Morgan fingerprint density at radius 3 is 2.64 bits per heavy atom. The van der Waals surface area contributed by atoms with Crippen LogP contribution in [0.5, 0.6) is 11.5 Å². The number of ether oxygens (including phenoxy) is 2. The van der Waals surface area contributed by atoms with Crippen molar-refractivity contribution in [3.05, 3.63) is 64.8 Å². The van der Waals surface area contributed by atoms with E-state index in [1.807, 2.05) is 12.1 Å². The number of aromatic carboxylic acids is 1. The van der Waals surface area contributed by atoms with Gasteiger partial charge in [0.25, 0.3) is 11.8 Å². The number of carbonyl (C=O) groups is 3. The fourth-order valence-corrected chi connectivity index (χ4v) is 5.14. The number of carbonyl (C=O) groups excluding carboxylic acids is 2. The first-order chi connectivity index (χ1) is 17.4. The largest absolute Gasteiger partial charge is 0.496 e. The molecular weight excluding hydrogens is 462 g/mol. The van der Waals surface area contributed by atoms with Crippen molar-refractivity contribution in [3.8, 4) is 11.5 Å². The summed E-state index contributed by atoms with van der Waals surface area (Å²) >= 11 is 0. The van der Waals surface area contributed by atoms with Crippen molar-refractivity contribution >= 4 is 28.7 Å². The lowest BCUT2D eigenvalue weighted by molar-refractivity contribution is -0.0246. The summed E-state index contributed by atoms with van der Waals surface area (Å²) < 4.78 is 11.7. The molecule has 184 valence electrons. The Morgan fingerprint density at radius 1 is 1.17 bits per heavy atom. The van der Waals surface area contributed by atoms with Crippen LogP contribution in [0.3, 0.4) is 0 Å². The minimum Gasteiger partial charge on any atom is -0.496 e. The maximum absolute atomic E-state index is 13.5. The molecule has 9 heteroatoms. The number of methoxy groups -OCH3 is 1. The van der Waals surface area contributed by atoms with Gasteiger partial charge in [-0.25, -0.2) is 9.78 Å². The molecule has 3 heterocycles. The number of nitrogens with zero attached hydrogens (tertiary/aromatic N) is 2. The summed E-state index contributed by atoms with van der Waals surface area (Å²) in [6, 6.07) is 12.0. The molecule has 2 fully saturated rings. The lowest BCUT2D eigenvalue weighted by atomic mass is 9.96. The van der Waals surface area contributed by atoms with Crippen molar-refractivity contribution in [1.29, 1.82) is 0 Å². The summed E-state index contributed by atoms with van der Waals surface area (Å²) in [6.45, 7) is 0.738. The smallest absolute Gasteiger partial charge is 0.335 e. The second kappa shape index (κ2) is 8.22. The molecule has 1 saturated carbocycles. The number of likely N-dealkylation sites (tertiary alicyclic amines) is 1. The number of hydrogen-bond donors (Lipinski definition) is 2. The number of aromatic nitrogens is 1. The number of nitrogens with one attached hydrogen (secondary N) is 1. The number of hydrogen-bond acceptors (Lipinski definition) is 6. The SMILES string of the molecule is COc1cc(C(=O)N2CCC3(CC2)NC(=O)c2cc(C(=O)O)ccc2O3)nc2c(C3CC3)cccc12. The predicted octanol–water partition coefficient (Wildman–Crippen LogP) is 3.57. The molecule has 2 amide bonds. The molecule has 36 heavy (non-hydrogen) atoms. The number of carboxylic acid groups (broad SMARTS) is 1. The van der Waals surface area contributed by atoms with E-state index in [0.717, 1.165) is 29.3 Å². The first-order valence-electron chi connectivity index (χ1n) is 12.0. The molecule has 2 aromatic carbocycles. The Balaban J connectivity index is 1.23. The quantitative estimate of drug-likeness (QED) is 0.578. The summed E-state index contributed by atoms with van der Waals surface area (Å²) in [6.07, 6.45) is 3.04. The number of piperidine rings is 1. The number of amides is 2. The van der Waals surface area contributed by atoms with Crippen molar-refractivity contribution in [2.75, 3.05) is 20.2 Å². The van der Waals surface area contributed by atoms with Crippen LogP contribution in [-0.2, 0) is 0 Å². The van der Waals surface area contributed by atoms with Crippen molar-refractivity contribution in [1.82, 2.24) is 15.2 Å². The third kappa shape index (κ3) is 3.71. The van der Waals surface area contributed by atoms with E-state index in [-0.39, 0.29) is 22.9 Å². The van der Waals surface area contributed by atoms with Gasteiger partial charge in [0.1, 0.15) is 17.2 Å². The summed E-state index contributed by atoms with van der Waals surface area (Å²) in [5.74, 6) is -0.234. The minimum atomic E-state index is -1.11. The van der Waals surface area contributed by atoms with Crippen LogP contribution in [0.1, 0.15) is 68.4 Å². The highest BCUT2D eigenvalue weighted by molar-refractivity contribution is 6.01. The molecule has 3 aliphatic rings. The van der Waals surface area contributed by atoms with Gasteiger partial charge in [0.15, 0.2) is 5.72 Å². The van der Waals surface area contributed by atoms with Gasteiger partial charge in [0.05, 0.1) is 23.8 Å². The van der Waals surface area contributed by atoms with Gasteiger partial charge >= 0.3 is 5.97 Å². The van der Waals surface area contributed by atoms with Crippen LogP contribution < -0.4 is 14.8 Å². The number of rotatable bonds is 4. The van der Waals surface area contributed by atoms with Crippen molar-refractivity contribution in [3.63, 3.8) is 0 Å². The summed E-state index contributed by atoms with van der Waals surface area (Å²) in [4.78, 5) is 44.0. The topological polar surface area (TPSA) is 118 Å². The highest BCUT2D eigenvalue weighted by Crippen LogP contribution is 2.44. The lowest BCUT2D eigenvalue weighted by Crippen LogP contribution is -2.61. The Hall–Kier alpha value is -4.14. The predicted molar refractivity (Wildman–Crippen MR) is 130 cm³/mol. The monoisotopic (exact) mass is 487 g/mol. The first-order valence-corrected chi connectivity index (χ1v) is 12.0. The zero-order valence-corrected chi connectivity index (χ0v) is 19.7. The van der Waals surface area contributed by atoms with Crippen molar-refractivity contribution in [2.45, 2.75) is 37.3 Å². The summed E-state index contributed by atoms with van der Waals surface area (Å²) in [5, 5.41) is 13.0. The summed E-state index contributed by atoms with van der Waals surface area (Å²) in [5.41, 5.74) is 1.57. The van der Waals surface area contributed by atoms with Gasteiger partial charge in [-0.2, -0.15) is 0 Å². The van der Waals surface area contributed by atoms with Gasteiger partial charge < -0.3 is 24.8 Å². The average molecular weight is 488 g/mol. The van der Waals surface area contributed by atoms with E-state index in [1.165, 1.54) is 18.2 Å². The first kappa shape index (κ1) is 22.3. The Morgan fingerprint density at radius 2 is 1.94 bits per heavy atom. The van der Waals surface area contributed by atoms with Gasteiger partial charge in [0.2, 0.25) is 0 Å². The second-order valence-electron chi connectivity index (χ2n) is 9.59. The van der Waals surface area contributed by atoms with E-state index in [4.69, 9.17) is 14.5 Å². The molecule has 9 nitrogen and oxygen atoms in total. The lowest BCUT2D eigenvalue weighted by Gasteiger charge is -2.44. The summed E-state index contributed by atoms with van der Waals surface area (Å²) in [7, 11) is 1.60. The van der Waals surface area contributed by atoms with Crippen LogP contribution in [0.15, 0.2) is 42.5 Å². The molecule has 1 aromatic heterocycles. The molecule has 6 rings (SSSR count). The molecule has 1 saturated heterocycles. The van der Waals surface area contributed by atoms with E-state index >= 15 is 0 Å². The van der Waals surface area contributed by atoms with E-state index in [9.17, 15) is 19.5 Å². The van der Waals surface area contributed by atoms with Crippen LogP contribution in [0.4, 0.5) is 0 Å². The van der Waals surface area contributed by atoms with Crippen LogP contribution in [-0.4, -0.2) is 58.7 Å². The number of pyridine rings is 1. The fraction of sp³-hybridized carbons (Fsp3) is 0.333. The normalized spacial score (nSPS) is 18.4. The standard InChI is InChI=1S/C27H25N3O6/c1-35-22-14-20(28-23-17(15-5-6-15)3-2-4-18(22)23)25(32)30-11-9-27(10-12-30)29-24(31)19-13-16(26(33)34)7-8-21(19)36-27/h2-4,7-8,13-15H,5-6,9-12H2,1H3,(H,29,31)(H,33,34). The second-order valence-corrected chi connectivity index (χ2v) is 9.59. The average Bonchev–Trinajstić information content (AvgIpc) is 3.73. The van der Waals surface area contributed by atoms with E-state index in [0.29, 0.717) is 49.0 Å². The maximum atomic E-state index is 13.5. The van der Waals surface area contributed by atoms with E-state index < -0.39 is 11.7 Å². The van der Waals surface area contributed by atoms with Crippen molar-refractivity contribution < 1.29 is 29.0 Å². The number of benzene rings is 2. The van der Waals surface area contributed by atoms with Gasteiger partial charge in [-0.05, 0) is 48.6 Å². The maximum Gasteiger partial charge on any atom is 0.335 e. The molecule has 0 bridgehead atoms. The highest BCUT2D eigenvalue weighted by Gasteiger charge is 2.43. The molecule has 0 radical (unpaired) electrons. The number of para-hydroxylation sites is 1. The Bertz CT molecular complexity index is 1420. The number of fused-ring (bicyclic) bond motifs is 2. The Kier molecular flexibility index (Phi) is 5.10. The molecule has 0 unspecified atom stereocenters. The zero-order chi connectivity index (χ0) is 25.0. The molecule has 2 aliphatic heterocycles. The minimum absolute atomic E-state index is 0.0204. The molecule has 0 atom stereocenters. The number of carboxylic acids is 1. The molecule has 3 aromatic rings. The highest BCUT2D eigenvalue weighted by atomic mass is 16.5. The molecule has 1 aliphatic carbocycles. The molecular formula is C27H25N3O6. The van der Waals surface area contributed by atoms with Gasteiger partial charge in [0, 0.05) is 37.4 Å². The Labute approximate surface area is 207 Å². The van der Waals surface area contributed by atoms with Crippen LogP contribution >= 0.6 is 0 Å². The van der Waals surface area contributed by atoms with Crippen LogP contribution in [0.25, 0.3) is 10.9 Å². The van der Waals surface area contributed by atoms with Crippen LogP contribution in [0.2, 0.25) is 0 Å². The van der Waals surface area contributed by atoms with Gasteiger partial charge in [-0.3, -0.25) is 9.59 Å². The zero-order valence-electron chi connectivity index (χ0n) is 19.7. The van der Waals surface area contributed by atoms with E-state index in [2.05, 4.69) is 11.4 Å². The van der Waals surface area contributed by atoms with Gasteiger partial charge in [-0.1, -0.05) is 12.1 Å². The molecule has 2 N–H and O–H groups in total. The third-order valence-electron chi connectivity index (χ3n) is 7.27. The van der Waals surface area contributed by atoms with Crippen LogP contribution in [0, 0.1) is 0 Å². The molecule has 1 spiro atoms.